The van der Waals surface area contributed by atoms with Crippen LogP contribution in [0.15, 0.2) is 48.5 Å². The molecule has 0 bridgehead atoms. The Hall–Kier alpha value is -5.48. The van der Waals surface area contributed by atoms with Crippen LogP contribution in [0.4, 0.5) is 87.8 Å². The van der Waals surface area contributed by atoms with Crippen molar-refractivity contribution in [2.45, 2.75) is 295 Å². The molecule has 4 heterocycles. The number of hydrogen-bond acceptors (Lipinski definition) is 8. The van der Waals surface area contributed by atoms with Crippen LogP contribution in [0.1, 0.15) is 246 Å². The van der Waals surface area contributed by atoms with Crippen molar-refractivity contribution in [1.82, 2.24) is 0 Å². The fraction of sp³-hybridized carbons (Fsp3) is 0.721. The smallest absolute Gasteiger partial charge is 0.424 e. The Labute approximate surface area is 656 Å². The summed E-state index contributed by atoms with van der Waals surface area (Å²) in [5, 5.41) is 0. The first kappa shape index (κ1) is 92.4. The van der Waals surface area contributed by atoms with Crippen molar-refractivity contribution in [2.24, 2.45) is 71.0 Å². The molecule has 12 rings (SSSR count). The van der Waals surface area contributed by atoms with E-state index in [2.05, 4.69) is 46.6 Å². The van der Waals surface area contributed by atoms with Crippen molar-refractivity contribution in [3.05, 3.63) is 118 Å². The van der Waals surface area contributed by atoms with Gasteiger partial charge < -0.3 is 37.9 Å². The molecule has 0 aromatic heterocycles. The Balaban J connectivity index is 0.000000174. The lowest BCUT2D eigenvalue weighted by molar-refractivity contribution is -0.267. The number of hydrogen-bond donors (Lipinski definition) is 0. The third kappa shape index (κ3) is 26.3. The fourth-order valence-corrected chi connectivity index (χ4v) is 18.4. The molecule has 4 saturated carbocycles. The highest BCUT2D eigenvalue weighted by Crippen LogP contribution is 2.48. The zero-order valence-corrected chi connectivity index (χ0v) is 65.6. The Kier molecular flexibility index (Phi) is 34.8. The largest absolute Gasteiger partial charge is 0.430 e. The van der Waals surface area contributed by atoms with Gasteiger partial charge in [-0.2, -0.15) is 35.1 Å². The highest BCUT2D eigenvalue weighted by atomic mass is 19.3. The maximum Gasteiger partial charge on any atom is 0.424 e. The van der Waals surface area contributed by atoms with Crippen molar-refractivity contribution >= 4 is 0 Å². The van der Waals surface area contributed by atoms with Gasteiger partial charge in [0.25, 0.3) is 0 Å². The number of ether oxygens (including phenoxy) is 8. The fourth-order valence-electron chi connectivity index (χ4n) is 18.4. The predicted molar refractivity (Wildman–Crippen MR) is 388 cm³/mol. The maximum atomic E-state index is 14.4. The molecule has 4 saturated heterocycles. The average Bonchev–Trinajstić information content (AvgIpc) is 0.818. The SMILES string of the molecule is CCC1CCC(C2CCC(C(F)(F)Oc3cc(F)c(F)c(F)c3)OC2)CC1.CCCC1CCC(C2CCC(C(F)(F)Oc3cc(F)c(F)c(F)c3)OC2)CC1.CCCCC1CCC(C2CCC(C(F)(F)Oc3cc(F)c(F)c(F)c3)OC2)CC1.CCCCCC1CCC(C2CCC(C(F)(F)Oc3cc(F)c(F)c(F)c3)OC2)CC1. The molecule has 0 spiro atoms. The minimum absolute atomic E-state index is 0.109. The molecule has 28 heteroatoms. The van der Waals surface area contributed by atoms with E-state index in [1.165, 1.54) is 116 Å². The van der Waals surface area contributed by atoms with E-state index in [4.69, 9.17) is 18.9 Å². The maximum absolute atomic E-state index is 14.4. The van der Waals surface area contributed by atoms with E-state index in [1.807, 2.05) is 0 Å². The molecule has 8 aliphatic rings. The summed E-state index contributed by atoms with van der Waals surface area (Å²) in [6.07, 6.45) is 12.9. The van der Waals surface area contributed by atoms with Crippen molar-refractivity contribution < 1.29 is 126 Å². The highest BCUT2D eigenvalue weighted by Gasteiger charge is 2.51. The first-order valence-electron chi connectivity index (χ1n) is 41.5. The van der Waals surface area contributed by atoms with Crippen molar-refractivity contribution in [2.75, 3.05) is 26.4 Å². The molecule has 8 unspecified atom stereocenters. The van der Waals surface area contributed by atoms with Gasteiger partial charge in [-0.15, -0.1) is 0 Å². The van der Waals surface area contributed by atoms with Gasteiger partial charge in [-0.05, 0) is 174 Å². The highest BCUT2D eigenvalue weighted by molar-refractivity contribution is 5.28. The van der Waals surface area contributed by atoms with Crippen LogP contribution >= 0.6 is 0 Å². The first-order valence-corrected chi connectivity index (χ1v) is 41.5. The average molecular weight is 1650 g/mol. The molecule has 4 aliphatic heterocycles. The van der Waals surface area contributed by atoms with Gasteiger partial charge in [-0.3, -0.25) is 0 Å². The van der Waals surface area contributed by atoms with Crippen LogP contribution < -0.4 is 18.9 Å². The molecular weight excluding hydrogens is 1540 g/mol. The second-order valence-electron chi connectivity index (χ2n) is 33.1. The van der Waals surface area contributed by atoms with Gasteiger partial charge in [0, 0.05) is 48.5 Å². The van der Waals surface area contributed by atoms with E-state index in [0.717, 1.165) is 75.0 Å². The molecule has 4 aromatic rings. The summed E-state index contributed by atoms with van der Waals surface area (Å²) < 4.78 is 312. The second kappa shape index (κ2) is 43.0. The van der Waals surface area contributed by atoms with E-state index in [-0.39, 0.29) is 75.8 Å². The molecule has 8 fully saturated rings. The summed E-state index contributed by atoms with van der Waals surface area (Å²) >= 11 is 0. The summed E-state index contributed by atoms with van der Waals surface area (Å²) in [5.74, 6) is -16.3. The van der Waals surface area contributed by atoms with Crippen LogP contribution in [-0.4, -0.2) is 75.3 Å². The quantitative estimate of drug-likeness (QED) is 0.0350. The van der Waals surface area contributed by atoms with Gasteiger partial charge in [0.15, 0.2) is 94.2 Å². The monoisotopic (exact) mass is 1650 g/mol. The lowest BCUT2D eigenvalue weighted by Gasteiger charge is -2.39. The van der Waals surface area contributed by atoms with Crippen LogP contribution in [0.5, 0.6) is 23.0 Å². The molecule has 4 aromatic carbocycles. The van der Waals surface area contributed by atoms with E-state index < -0.39 is 142 Å². The number of unbranched alkanes of at least 4 members (excludes halogenated alkanes) is 3. The minimum Gasteiger partial charge on any atom is -0.430 e. The molecule has 644 valence electrons. The number of benzene rings is 4. The molecule has 114 heavy (non-hydrogen) atoms. The third-order valence-corrected chi connectivity index (χ3v) is 25.3. The van der Waals surface area contributed by atoms with Crippen molar-refractivity contribution in [1.29, 1.82) is 0 Å². The molecular formula is C86H112F20O8. The van der Waals surface area contributed by atoms with Crippen molar-refractivity contribution in [3.63, 3.8) is 0 Å². The number of rotatable bonds is 26. The lowest BCUT2D eigenvalue weighted by Crippen LogP contribution is -2.45. The van der Waals surface area contributed by atoms with Crippen LogP contribution in [0.3, 0.4) is 0 Å². The van der Waals surface area contributed by atoms with E-state index in [9.17, 15) is 87.8 Å². The van der Waals surface area contributed by atoms with Crippen LogP contribution in [0, 0.1) is 141 Å². The van der Waals surface area contributed by atoms with Gasteiger partial charge in [-0.25, -0.2) is 52.7 Å². The first-order chi connectivity index (χ1) is 54.2. The minimum atomic E-state index is -3.75. The number of halogens is 20. The second-order valence-corrected chi connectivity index (χ2v) is 33.1. The van der Waals surface area contributed by atoms with Gasteiger partial charge >= 0.3 is 24.4 Å². The number of alkyl halides is 8. The summed E-state index contributed by atoms with van der Waals surface area (Å²) in [6.45, 7) is 9.73. The zero-order valence-electron chi connectivity index (χ0n) is 65.6. The van der Waals surface area contributed by atoms with Crippen molar-refractivity contribution in [3.8, 4) is 23.0 Å². The Bertz CT molecular complexity index is 3450. The third-order valence-electron chi connectivity index (χ3n) is 25.3. The van der Waals surface area contributed by atoms with Crippen LogP contribution in [0.2, 0.25) is 0 Å². The molecule has 0 amide bonds. The Morgan fingerprint density at radius 3 is 0.667 bits per heavy atom. The summed E-state index contributed by atoms with van der Waals surface area (Å²) in [5.41, 5.74) is 0. The Morgan fingerprint density at radius 1 is 0.254 bits per heavy atom. The zero-order chi connectivity index (χ0) is 82.7. The van der Waals surface area contributed by atoms with Gasteiger partial charge in [-0.1, -0.05) is 143 Å². The normalized spacial score (nSPS) is 28.6. The van der Waals surface area contributed by atoms with Gasteiger partial charge in [0.1, 0.15) is 23.0 Å². The Morgan fingerprint density at radius 2 is 0.465 bits per heavy atom. The van der Waals surface area contributed by atoms with Gasteiger partial charge in [0.05, 0.1) is 26.4 Å². The van der Waals surface area contributed by atoms with E-state index >= 15 is 0 Å². The summed E-state index contributed by atoms with van der Waals surface area (Å²) in [4.78, 5) is 0. The van der Waals surface area contributed by atoms with E-state index in [1.54, 1.807) is 0 Å². The summed E-state index contributed by atoms with van der Waals surface area (Å²) in [6, 6.07) is 3.28. The van der Waals surface area contributed by atoms with Gasteiger partial charge in [0.2, 0.25) is 0 Å². The van der Waals surface area contributed by atoms with Crippen LogP contribution in [0.25, 0.3) is 0 Å². The molecule has 0 radical (unpaired) electrons. The van der Waals surface area contributed by atoms with E-state index in [0.29, 0.717) is 97.9 Å². The molecule has 8 nitrogen and oxygen atoms in total. The summed E-state index contributed by atoms with van der Waals surface area (Å²) in [7, 11) is 0. The molecule has 4 aliphatic carbocycles. The topological polar surface area (TPSA) is 73.8 Å². The van der Waals surface area contributed by atoms with Crippen LogP contribution in [-0.2, 0) is 18.9 Å². The molecule has 0 N–H and O–H groups in total. The lowest BCUT2D eigenvalue weighted by atomic mass is 9.73. The predicted octanol–water partition coefficient (Wildman–Crippen LogP) is 26.7. The molecule has 8 atom stereocenters. The standard InChI is InChI=1S/C23H31F5O2.C22H29F5O2.C21H27F5O2.C20H25F5O2/c1-2-3-4-5-15-6-8-16(9-7-15)17-10-11-21(29-14-17)23(27,28)30-18-12-19(24)22(26)20(25)13-18;1-2-3-4-14-5-7-15(8-6-14)16-9-10-20(28-13-16)22(26,27)29-17-11-18(23)21(25)19(24)12-17;1-2-3-13-4-6-14(7-5-13)15-8-9-19(27-12-15)21(25,26)28-16-10-17(22)20(24)18(23)11-16;1-2-12-3-5-13(6-4-12)14-7-8-18(26-11-14)20(24,25)27-15-9-16(21)19(23)17(22)10-15/h12-13,15-17,21H,2-11,14H2,1H3;11-12,14-16,20H,2-10,13H2,1H3;10-11,13-15,19H,2-9,12H2,1H3;9-10,12-14,18H,2-8,11H2,1H3.